The van der Waals surface area contributed by atoms with Gasteiger partial charge in [0.15, 0.2) is 0 Å². The van der Waals surface area contributed by atoms with Gasteiger partial charge in [-0.15, -0.1) is 0 Å². The Labute approximate surface area is 174 Å². The van der Waals surface area contributed by atoms with Crippen molar-refractivity contribution in [2.24, 2.45) is 5.73 Å². The first kappa shape index (κ1) is 19.3. The van der Waals surface area contributed by atoms with Crippen molar-refractivity contribution in [1.82, 2.24) is 4.90 Å². The molecule has 1 aromatic heterocycles. The lowest BCUT2D eigenvalue weighted by atomic mass is 9.93. The number of benzene rings is 2. The number of fused-ring (bicyclic) bond motifs is 1. The van der Waals surface area contributed by atoms with Crippen LogP contribution in [0, 0.1) is 0 Å². The number of nitrogens with zero attached hydrogens (tertiary/aromatic N) is 1. The molecule has 0 saturated carbocycles. The van der Waals surface area contributed by atoms with Gasteiger partial charge in [-0.2, -0.15) is 0 Å². The van der Waals surface area contributed by atoms with Crippen molar-refractivity contribution in [3.8, 4) is 0 Å². The maximum absolute atomic E-state index is 12.8. The van der Waals surface area contributed by atoms with Crippen molar-refractivity contribution in [1.29, 1.82) is 0 Å². The minimum Gasteiger partial charge on any atom is -0.461 e. The van der Waals surface area contributed by atoms with E-state index in [-0.39, 0.29) is 5.91 Å². The summed E-state index contributed by atoms with van der Waals surface area (Å²) in [5.41, 5.74) is 7.93. The fourth-order valence-electron chi connectivity index (χ4n) is 3.83. The maximum atomic E-state index is 12.8. The zero-order valence-electron chi connectivity index (χ0n) is 15.4. The molecular weight excluding hydrogens is 395 g/mol. The summed E-state index contributed by atoms with van der Waals surface area (Å²) in [5.74, 6) is 1.30. The molecule has 146 valence electrons. The number of hydrogen-bond acceptors (Lipinski definition) is 3. The summed E-state index contributed by atoms with van der Waals surface area (Å²) in [5, 5.41) is 2.23. The number of halogens is 2. The molecule has 1 saturated heterocycles. The van der Waals surface area contributed by atoms with Gasteiger partial charge >= 0.3 is 0 Å². The number of carbonyl (C=O) groups excluding carboxylic acids is 1. The van der Waals surface area contributed by atoms with E-state index >= 15 is 0 Å². The number of hydrogen-bond donors (Lipinski definition) is 1. The SMILES string of the molecule is NC(Cc1ccc(Cl)cc1Cl)C(=O)N1CCC(c2cc3ccccc3o2)CC1. The smallest absolute Gasteiger partial charge is 0.239 e. The van der Waals surface area contributed by atoms with Crippen LogP contribution in [0.4, 0.5) is 0 Å². The van der Waals surface area contributed by atoms with Gasteiger partial charge in [0.25, 0.3) is 0 Å². The predicted octanol–water partition coefficient (Wildman–Crippen LogP) is 5.02. The Morgan fingerprint density at radius 1 is 1.14 bits per heavy atom. The average Bonchev–Trinajstić information content (AvgIpc) is 3.14. The normalized spacial score (nSPS) is 16.5. The van der Waals surface area contributed by atoms with E-state index in [0.29, 0.717) is 35.5 Å². The third kappa shape index (κ3) is 4.04. The van der Waals surface area contributed by atoms with Crippen molar-refractivity contribution < 1.29 is 9.21 Å². The molecule has 1 atom stereocenters. The van der Waals surface area contributed by atoms with E-state index in [1.807, 2.05) is 29.2 Å². The second-order valence-corrected chi connectivity index (χ2v) is 8.18. The number of likely N-dealkylation sites (tertiary alicyclic amines) is 1. The Balaban J connectivity index is 1.36. The van der Waals surface area contributed by atoms with Crippen LogP contribution >= 0.6 is 23.2 Å². The molecule has 4 nitrogen and oxygen atoms in total. The van der Waals surface area contributed by atoms with E-state index in [4.69, 9.17) is 33.4 Å². The van der Waals surface area contributed by atoms with Crippen LogP contribution in [0.25, 0.3) is 11.0 Å². The highest BCUT2D eigenvalue weighted by Crippen LogP contribution is 2.32. The lowest BCUT2D eigenvalue weighted by Gasteiger charge is -2.32. The summed E-state index contributed by atoms with van der Waals surface area (Å²) in [4.78, 5) is 14.6. The zero-order chi connectivity index (χ0) is 19.7. The molecule has 2 aromatic carbocycles. The summed E-state index contributed by atoms with van der Waals surface area (Å²) in [7, 11) is 0. The van der Waals surface area contributed by atoms with Gasteiger partial charge in [0.05, 0.1) is 6.04 Å². The molecule has 28 heavy (non-hydrogen) atoms. The quantitative estimate of drug-likeness (QED) is 0.649. The lowest BCUT2D eigenvalue weighted by Crippen LogP contribution is -2.47. The van der Waals surface area contributed by atoms with E-state index in [1.165, 1.54) is 0 Å². The first-order valence-corrected chi connectivity index (χ1v) is 10.2. The summed E-state index contributed by atoms with van der Waals surface area (Å²) < 4.78 is 6.00. The fourth-order valence-corrected chi connectivity index (χ4v) is 4.32. The molecule has 0 spiro atoms. The molecule has 6 heteroatoms. The van der Waals surface area contributed by atoms with Crippen molar-refractivity contribution >= 4 is 40.1 Å². The third-order valence-electron chi connectivity index (χ3n) is 5.43. The van der Waals surface area contributed by atoms with Crippen LogP contribution in [0.1, 0.15) is 30.1 Å². The van der Waals surface area contributed by atoms with Crippen LogP contribution < -0.4 is 5.73 Å². The summed E-state index contributed by atoms with van der Waals surface area (Å²) in [6.07, 6.45) is 2.15. The highest BCUT2D eigenvalue weighted by molar-refractivity contribution is 6.35. The van der Waals surface area contributed by atoms with Gasteiger partial charge in [0.1, 0.15) is 11.3 Å². The van der Waals surface area contributed by atoms with Crippen LogP contribution in [-0.4, -0.2) is 29.9 Å². The molecule has 2 N–H and O–H groups in total. The molecule has 0 aliphatic carbocycles. The van der Waals surface area contributed by atoms with Gasteiger partial charge in [0.2, 0.25) is 5.91 Å². The second-order valence-electron chi connectivity index (χ2n) is 7.33. The van der Waals surface area contributed by atoms with Crippen molar-refractivity contribution in [3.63, 3.8) is 0 Å². The Morgan fingerprint density at radius 2 is 1.89 bits per heavy atom. The van der Waals surface area contributed by atoms with E-state index < -0.39 is 6.04 Å². The first-order chi connectivity index (χ1) is 13.5. The molecule has 1 aliphatic heterocycles. The molecule has 1 amide bonds. The molecule has 2 heterocycles. The molecule has 1 aliphatic rings. The van der Waals surface area contributed by atoms with Gasteiger partial charge in [-0.1, -0.05) is 47.5 Å². The Hall–Kier alpha value is -2.01. The second kappa shape index (κ2) is 8.16. The summed E-state index contributed by atoms with van der Waals surface area (Å²) in [6, 6.07) is 14.8. The van der Waals surface area contributed by atoms with Gasteiger partial charge < -0.3 is 15.1 Å². The molecule has 0 bridgehead atoms. The molecular formula is C22H22Cl2N2O2. The van der Waals surface area contributed by atoms with Crippen LogP contribution in [0.2, 0.25) is 10.0 Å². The monoisotopic (exact) mass is 416 g/mol. The Bertz CT molecular complexity index is 960. The van der Waals surface area contributed by atoms with Crippen molar-refractivity contribution in [3.05, 3.63) is 69.9 Å². The predicted molar refractivity (Wildman–Crippen MR) is 113 cm³/mol. The zero-order valence-corrected chi connectivity index (χ0v) is 16.9. The van der Waals surface area contributed by atoms with E-state index in [9.17, 15) is 4.79 Å². The Kier molecular flexibility index (Phi) is 5.63. The first-order valence-electron chi connectivity index (χ1n) is 9.48. The molecule has 1 unspecified atom stereocenters. The standard InChI is InChI=1S/C22H22Cl2N2O2/c23-17-6-5-15(18(24)13-17)11-19(25)22(27)26-9-7-14(8-10-26)21-12-16-3-1-2-4-20(16)28-21/h1-6,12-14,19H,7-11,25H2. The fraction of sp³-hybridized carbons (Fsp3) is 0.318. The van der Waals surface area contributed by atoms with Gasteiger partial charge in [-0.05, 0) is 49.1 Å². The van der Waals surface area contributed by atoms with Crippen molar-refractivity contribution in [2.45, 2.75) is 31.2 Å². The number of amides is 1. The number of furan rings is 1. The topological polar surface area (TPSA) is 59.5 Å². The number of rotatable bonds is 4. The average molecular weight is 417 g/mol. The van der Waals surface area contributed by atoms with Crippen LogP contribution in [0.5, 0.6) is 0 Å². The van der Waals surface area contributed by atoms with Crippen LogP contribution in [0.3, 0.4) is 0 Å². The molecule has 3 aromatic rings. The van der Waals surface area contributed by atoms with Gasteiger partial charge in [0, 0.05) is 34.4 Å². The molecule has 4 rings (SSSR count). The Morgan fingerprint density at radius 3 is 2.61 bits per heavy atom. The molecule has 1 fully saturated rings. The minimum atomic E-state index is -0.610. The van der Waals surface area contributed by atoms with E-state index in [1.54, 1.807) is 12.1 Å². The highest BCUT2D eigenvalue weighted by atomic mass is 35.5. The number of carbonyl (C=O) groups is 1. The molecule has 0 radical (unpaired) electrons. The summed E-state index contributed by atoms with van der Waals surface area (Å²) in [6.45, 7) is 1.37. The van der Waals surface area contributed by atoms with Gasteiger partial charge in [-0.3, -0.25) is 4.79 Å². The van der Waals surface area contributed by atoms with Crippen molar-refractivity contribution in [2.75, 3.05) is 13.1 Å². The number of piperidine rings is 1. The highest BCUT2D eigenvalue weighted by Gasteiger charge is 2.28. The summed E-state index contributed by atoms with van der Waals surface area (Å²) >= 11 is 12.1. The third-order valence-corrected chi connectivity index (χ3v) is 6.01. The van der Waals surface area contributed by atoms with E-state index in [2.05, 4.69) is 12.1 Å². The lowest BCUT2D eigenvalue weighted by molar-refractivity contribution is -0.133. The minimum absolute atomic E-state index is 0.0333. The van der Waals surface area contributed by atoms with Crippen LogP contribution in [-0.2, 0) is 11.2 Å². The maximum Gasteiger partial charge on any atom is 0.239 e. The number of nitrogens with two attached hydrogens (primary N) is 1. The van der Waals surface area contributed by atoms with Gasteiger partial charge in [-0.25, -0.2) is 0 Å². The number of para-hydroxylation sites is 1. The largest absolute Gasteiger partial charge is 0.461 e. The van der Waals surface area contributed by atoms with E-state index in [0.717, 1.165) is 35.1 Å². The van der Waals surface area contributed by atoms with Crippen LogP contribution in [0.15, 0.2) is 52.9 Å².